The molecule has 0 spiro atoms. The number of anilines is 1. The second kappa shape index (κ2) is 5.01. The Morgan fingerprint density at radius 3 is 2.86 bits per heavy atom. The van der Waals surface area contributed by atoms with Crippen LogP contribution in [0.1, 0.15) is 17.3 Å². The molecule has 3 aromatic rings. The minimum absolute atomic E-state index is 0.220. The molecule has 0 radical (unpaired) electrons. The van der Waals surface area contributed by atoms with E-state index in [0.717, 1.165) is 22.0 Å². The van der Waals surface area contributed by atoms with Gasteiger partial charge in [-0.3, -0.25) is 4.90 Å². The summed E-state index contributed by atoms with van der Waals surface area (Å²) in [6.07, 6.45) is 3.81. The van der Waals surface area contributed by atoms with Gasteiger partial charge in [-0.05, 0) is 11.6 Å². The van der Waals surface area contributed by atoms with Crippen LogP contribution in [0.5, 0.6) is 0 Å². The van der Waals surface area contributed by atoms with Crippen molar-refractivity contribution in [2.75, 3.05) is 5.32 Å². The zero-order chi connectivity index (χ0) is 14.9. The lowest BCUT2D eigenvalue weighted by molar-refractivity contribution is 0.349. The van der Waals surface area contributed by atoms with E-state index >= 15 is 0 Å². The fourth-order valence-corrected chi connectivity index (χ4v) is 2.80. The summed E-state index contributed by atoms with van der Waals surface area (Å²) in [4.78, 5) is 10.6. The van der Waals surface area contributed by atoms with Gasteiger partial charge in [0.2, 0.25) is 5.95 Å². The van der Waals surface area contributed by atoms with Gasteiger partial charge in [-0.1, -0.05) is 42.5 Å². The predicted octanol–water partition coefficient (Wildman–Crippen LogP) is 3.04. The third-order valence-electron chi connectivity index (χ3n) is 3.89. The summed E-state index contributed by atoms with van der Waals surface area (Å²) in [7, 11) is 0. The quantitative estimate of drug-likeness (QED) is 0.734. The van der Waals surface area contributed by atoms with Crippen LogP contribution in [0.15, 0.2) is 54.7 Å². The van der Waals surface area contributed by atoms with Gasteiger partial charge in [0, 0.05) is 17.1 Å². The van der Waals surface area contributed by atoms with E-state index in [0.29, 0.717) is 12.5 Å². The standard InChI is InChI=1S/C17H13N5/c18-11-22-10-13-6-1-3-7-14(13)16(22)21-17-19-9-12-5-2-4-8-15(12)20-17/h1-9,16H,10H2,(H,19,20,21). The van der Waals surface area contributed by atoms with Crippen LogP contribution < -0.4 is 5.32 Å². The van der Waals surface area contributed by atoms with Gasteiger partial charge in [-0.2, -0.15) is 5.26 Å². The monoisotopic (exact) mass is 287 g/mol. The van der Waals surface area contributed by atoms with Crippen LogP contribution >= 0.6 is 0 Å². The highest BCUT2D eigenvalue weighted by Gasteiger charge is 2.29. The molecule has 0 aliphatic carbocycles. The molecule has 0 bridgehead atoms. The van der Waals surface area contributed by atoms with Crippen molar-refractivity contribution >= 4 is 16.9 Å². The number of hydrogen-bond acceptors (Lipinski definition) is 5. The SMILES string of the molecule is N#CN1Cc2ccccc2C1Nc1ncc2ccccc2n1. The van der Waals surface area contributed by atoms with Crippen molar-refractivity contribution in [3.05, 3.63) is 65.9 Å². The molecule has 5 heteroatoms. The largest absolute Gasteiger partial charge is 0.329 e. The molecule has 22 heavy (non-hydrogen) atoms. The average molecular weight is 287 g/mol. The Balaban J connectivity index is 1.70. The van der Waals surface area contributed by atoms with Crippen molar-refractivity contribution in [3.63, 3.8) is 0 Å². The van der Waals surface area contributed by atoms with E-state index in [4.69, 9.17) is 0 Å². The van der Waals surface area contributed by atoms with Crippen molar-refractivity contribution in [1.82, 2.24) is 14.9 Å². The molecule has 0 saturated carbocycles. The molecule has 1 aromatic heterocycles. The van der Waals surface area contributed by atoms with E-state index in [-0.39, 0.29) is 6.17 Å². The third-order valence-corrected chi connectivity index (χ3v) is 3.89. The van der Waals surface area contributed by atoms with Gasteiger partial charge in [-0.15, -0.1) is 0 Å². The zero-order valence-corrected chi connectivity index (χ0v) is 11.8. The second-order valence-electron chi connectivity index (χ2n) is 5.23. The van der Waals surface area contributed by atoms with Gasteiger partial charge in [0.15, 0.2) is 6.19 Å². The minimum Gasteiger partial charge on any atom is -0.329 e. The topological polar surface area (TPSA) is 64.8 Å². The van der Waals surface area contributed by atoms with Crippen LogP contribution in [0.2, 0.25) is 0 Å². The smallest absolute Gasteiger partial charge is 0.225 e. The van der Waals surface area contributed by atoms with Gasteiger partial charge >= 0.3 is 0 Å². The van der Waals surface area contributed by atoms with E-state index < -0.39 is 0 Å². The number of nitrogens with one attached hydrogen (secondary N) is 1. The summed E-state index contributed by atoms with van der Waals surface area (Å²) in [5, 5.41) is 13.6. The molecule has 1 N–H and O–H groups in total. The lowest BCUT2D eigenvalue weighted by atomic mass is 10.1. The van der Waals surface area contributed by atoms with Crippen molar-refractivity contribution < 1.29 is 0 Å². The van der Waals surface area contributed by atoms with E-state index in [2.05, 4.69) is 21.5 Å². The lowest BCUT2D eigenvalue weighted by Crippen LogP contribution is -2.24. The van der Waals surface area contributed by atoms with Crippen LogP contribution in [0.4, 0.5) is 5.95 Å². The van der Waals surface area contributed by atoms with E-state index in [1.165, 1.54) is 0 Å². The number of hydrogen-bond donors (Lipinski definition) is 1. The Labute approximate surface area is 127 Å². The first-order valence-corrected chi connectivity index (χ1v) is 7.07. The van der Waals surface area contributed by atoms with Crippen LogP contribution in [-0.4, -0.2) is 14.9 Å². The number of nitrogens with zero attached hydrogens (tertiary/aromatic N) is 4. The molecule has 1 atom stereocenters. The van der Waals surface area contributed by atoms with Gasteiger partial charge in [-0.25, -0.2) is 9.97 Å². The summed E-state index contributed by atoms with van der Waals surface area (Å²) in [5.41, 5.74) is 3.14. The number of aromatic nitrogens is 2. The predicted molar refractivity (Wildman–Crippen MR) is 83.5 cm³/mol. The lowest BCUT2D eigenvalue weighted by Gasteiger charge is -2.20. The number of fused-ring (bicyclic) bond motifs is 2. The Bertz CT molecular complexity index is 883. The number of nitriles is 1. The first-order valence-electron chi connectivity index (χ1n) is 7.07. The molecular formula is C17H13N5. The molecule has 1 unspecified atom stereocenters. The maximum absolute atomic E-state index is 9.35. The summed E-state index contributed by atoms with van der Waals surface area (Å²) < 4.78 is 0. The molecule has 4 rings (SSSR count). The van der Waals surface area contributed by atoms with Crippen LogP contribution in [0.3, 0.4) is 0 Å². The van der Waals surface area contributed by atoms with Crippen LogP contribution in [-0.2, 0) is 6.54 Å². The molecule has 2 heterocycles. The van der Waals surface area contributed by atoms with Crippen LogP contribution in [0, 0.1) is 11.5 Å². The molecule has 2 aromatic carbocycles. The molecule has 0 fully saturated rings. The van der Waals surface area contributed by atoms with Crippen molar-refractivity contribution in [3.8, 4) is 6.19 Å². The molecule has 0 saturated heterocycles. The zero-order valence-electron chi connectivity index (χ0n) is 11.8. The van der Waals surface area contributed by atoms with Crippen molar-refractivity contribution in [1.29, 1.82) is 5.26 Å². The molecule has 1 aliphatic rings. The Morgan fingerprint density at radius 2 is 1.95 bits per heavy atom. The fourth-order valence-electron chi connectivity index (χ4n) is 2.80. The number of rotatable bonds is 2. The summed E-state index contributed by atoms with van der Waals surface area (Å²) >= 11 is 0. The first-order chi connectivity index (χ1) is 10.8. The van der Waals surface area contributed by atoms with Gasteiger partial charge in [0.25, 0.3) is 0 Å². The minimum atomic E-state index is -0.220. The van der Waals surface area contributed by atoms with Gasteiger partial charge in [0.05, 0.1) is 12.1 Å². The van der Waals surface area contributed by atoms with E-state index in [9.17, 15) is 5.26 Å². The molecular weight excluding hydrogens is 274 g/mol. The normalized spacial score (nSPS) is 16.3. The van der Waals surface area contributed by atoms with Crippen LogP contribution in [0.25, 0.3) is 10.9 Å². The first kappa shape index (κ1) is 12.6. The highest BCUT2D eigenvalue weighted by Crippen LogP contribution is 2.33. The Hall–Kier alpha value is -3.13. The maximum atomic E-state index is 9.35. The maximum Gasteiger partial charge on any atom is 0.225 e. The van der Waals surface area contributed by atoms with E-state index in [1.54, 1.807) is 11.1 Å². The fraction of sp³-hybridized carbons (Fsp3) is 0.118. The van der Waals surface area contributed by atoms with E-state index in [1.807, 2.05) is 48.5 Å². The second-order valence-corrected chi connectivity index (χ2v) is 5.23. The Morgan fingerprint density at radius 1 is 1.14 bits per heavy atom. The molecule has 106 valence electrons. The summed E-state index contributed by atoms with van der Waals surface area (Å²) in [5.74, 6) is 0.528. The van der Waals surface area contributed by atoms with Crippen molar-refractivity contribution in [2.45, 2.75) is 12.7 Å². The van der Waals surface area contributed by atoms with Gasteiger partial charge in [0.1, 0.15) is 6.17 Å². The third kappa shape index (κ3) is 2.02. The summed E-state index contributed by atoms with van der Waals surface area (Å²) in [6.45, 7) is 0.609. The molecule has 5 nitrogen and oxygen atoms in total. The van der Waals surface area contributed by atoms with Crippen molar-refractivity contribution in [2.24, 2.45) is 0 Å². The summed E-state index contributed by atoms with van der Waals surface area (Å²) in [6, 6.07) is 15.9. The Kier molecular flexibility index (Phi) is 2.87. The van der Waals surface area contributed by atoms with Gasteiger partial charge < -0.3 is 5.32 Å². The number of benzene rings is 2. The highest BCUT2D eigenvalue weighted by molar-refractivity contribution is 5.78. The number of para-hydroxylation sites is 1. The average Bonchev–Trinajstić information content (AvgIpc) is 2.93. The molecule has 1 aliphatic heterocycles. The molecule has 0 amide bonds. The highest BCUT2D eigenvalue weighted by atomic mass is 15.3.